The molecule has 0 bridgehead atoms. The molecule has 23 heavy (non-hydrogen) atoms. The predicted molar refractivity (Wildman–Crippen MR) is 89.5 cm³/mol. The van der Waals surface area contributed by atoms with Crippen LogP contribution in [0, 0.1) is 6.92 Å². The van der Waals surface area contributed by atoms with Crippen LogP contribution in [0.15, 0.2) is 18.2 Å². The summed E-state index contributed by atoms with van der Waals surface area (Å²) in [6.07, 6.45) is 2.46. The zero-order valence-electron chi connectivity index (χ0n) is 13.6. The Kier molecular flexibility index (Phi) is 5.24. The van der Waals surface area contributed by atoms with Crippen molar-refractivity contribution in [3.63, 3.8) is 0 Å². The molecule has 1 N–H and O–H groups in total. The van der Waals surface area contributed by atoms with Gasteiger partial charge >= 0.3 is 0 Å². The Hall–Kier alpha value is -1.11. The van der Waals surface area contributed by atoms with Crippen molar-refractivity contribution in [3.05, 3.63) is 29.3 Å². The van der Waals surface area contributed by atoms with E-state index in [4.69, 9.17) is 9.47 Å². The predicted octanol–water partition coefficient (Wildman–Crippen LogP) is 1.83. The van der Waals surface area contributed by atoms with E-state index in [-0.39, 0.29) is 12.1 Å². The summed E-state index contributed by atoms with van der Waals surface area (Å²) in [4.78, 5) is 0. The van der Waals surface area contributed by atoms with Crippen LogP contribution < -0.4 is 10.1 Å². The van der Waals surface area contributed by atoms with Crippen LogP contribution in [-0.2, 0) is 21.1 Å². The quantitative estimate of drug-likeness (QED) is 0.887. The van der Waals surface area contributed by atoms with Crippen LogP contribution in [0.5, 0.6) is 5.75 Å². The molecule has 5 nitrogen and oxygen atoms in total. The van der Waals surface area contributed by atoms with Gasteiger partial charge in [-0.2, -0.15) is 0 Å². The van der Waals surface area contributed by atoms with Crippen molar-refractivity contribution in [3.8, 4) is 5.75 Å². The van der Waals surface area contributed by atoms with Gasteiger partial charge in [0.15, 0.2) is 0 Å². The number of aryl methyl sites for hydroxylation is 1. The highest BCUT2D eigenvalue weighted by Gasteiger charge is 2.24. The van der Waals surface area contributed by atoms with E-state index < -0.39 is 9.84 Å². The van der Waals surface area contributed by atoms with E-state index >= 15 is 0 Å². The van der Waals surface area contributed by atoms with E-state index in [2.05, 4.69) is 30.4 Å². The molecule has 1 aromatic carbocycles. The molecular formula is C17H25NO4S. The van der Waals surface area contributed by atoms with Crippen molar-refractivity contribution in [1.29, 1.82) is 0 Å². The summed E-state index contributed by atoms with van der Waals surface area (Å²) in [6, 6.07) is 6.51. The third-order valence-corrected chi connectivity index (χ3v) is 6.26. The molecule has 0 saturated carbocycles. The van der Waals surface area contributed by atoms with Gasteiger partial charge < -0.3 is 14.8 Å². The normalized spacial score (nSPS) is 24.7. The Balaban J connectivity index is 1.60. The van der Waals surface area contributed by atoms with E-state index in [9.17, 15) is 8.42 Å². The third kappa shape index (κ3) is 4.68. The minimum atomic E-state index is -2.81. The number of hydrogen-bond acceptors (Lipinski definition) is 5. The molecule has 3 rings (SSSR count). The lowest BCUT2D eigenvalue weighted by molar-refractivity contribution is 0.140. The first kappa shape index (κ1) is 16.7. The first-order valence-corrected chi connectivity index (χ1v) is 10.1. The fraction of sp³-hybridized carbons (Fsp3) is 0.647. The van der Waals surface area contributed by atoms with E-state index in [1.54, 1.807) is 0 Å². The Morgan fingerprint density at radius 1 is 1.26 bits per heavy atom. The molecule has 0 amide bonds. The number of benzene rings is 1. The average Bonchev–Trinajstić information content (AvgIpc) is 3.01. The summed E-state index contributed by atoms with van der Waals surface area (Å²) in [5, 5.41) is 3.48. The monoisotopic (exact) mass is 339 g/mol. The molecule has 1 unspecified atom stereocenters. The number of sulfone groups is 1. The van der Waals surface area contributed by atoms with Crippen molar-refractivity contribution >= 4 is 9.84 Å². The molecule has 0 aromatic heterocycles. The molecule has 0 radical (unpaired) electrons. The molecule has 2 fully saturated rings. The molecule has 0 spiro atoms. The van der Waals surface area contributed by atoms with Crippen LogP contribution in [0.4, 0.5) is 0 Å². The Morgan fingerprint density at radius 3 is 2.74 bits per heavy atom. The summed E-state index contributed by atoms with van der Waals surface area (Å²) in [5.74, 6) is 1.50. The minimum Gasteiger partial charge on any atom is -0.488 e. The van der Waals surface area contributed by atoms with Crippen molar-refractivity contribution in [2.75, 3.05) is 24.7 Å². The average molecular weight is 339 g/mol. The van der Waals surface area contributed by atoms with Gasteiger partial charge in [0.25, 0.3) is 0 Å². The minimum absolute atomic E-state index is 0.135. The van der Waals surface area contributed by atoms with Gasteiger partial charge in [0, 0.05) is 24.6 Å². The Labute approximate surface area is 138 Å². The number of ether oxygens (including phenoxy) is 2. The summed E-state index contributed by atoms with van der Waals surface area (Å²) >= 11 is 0. The lowest BCUT2D eigenvalue weighted by Crippen LogP contribution is -2.37. The van der Waals surface area contributed by atoms with Gasteiger partial charge in [-0.3, -0.25) is 0 Å². The highest BCUT2D eigenvalue weighted by Crippen LogP contribution is 2.24. The van der Waals surface area contributed by atoms with E-state index in [1.165, 1.54) is 5.56 Å². The SMILES string of the molecule is Cc1ccc(CNC2CCS(=O)(=O)CC2)c(OC2CCOC2)c1. The molecule has 1 aromatic rings. The molecule has 2 heterocycles. The van der Waals surface area contributed by atoms with Gasteiger partial charge in [0.05, 0.1) is 24.7 Å². The fourth-order valence-electron chi connectivity index (χ4n) is 3.05. The van der Waals surface area contributed by atoms with Gasteiger partial charge in [-0.25, -0.2) is 8.42 Å². The topological polar surface area (TPSA) is 64.6 Å². The highest BCUT2D eigenvalue weighted by molar-refractivity contribution is 7.91. The Bertz CT molecular complexity index is 624. The zero-order valence-corrected chi connectivity index (χ0v) is 14.4. The zero-order chi connectivity index (χ0) is 16.3. The van der Waals surface area contributed by atoms with Crippen LogP contribution >= 0.6 is 0 Å². The standard InChI is InChI=1S/C17H25NO4S/c1-13-2-3-14(17(10-13)22-16-4-7-21-12-16)11-18-15-5-8-23(19,20)9-6-15/h2-3,10,15-16,18H,4-9,11-12H2,1H3. The molecule has 2 saturated heterocycles. The van der Waals surface area contributed by atoms with Crippen molar-refractivity contribution in [2.24, 2.45) is 0 Å². The molecule has 2 aliphatic rings. The van der Waals surface area contributed by atoms with Crippen LogP contribution in [0.25, 0.3) is 0 Å². The van der Waals surface area contributed by atoms with E-state index in [0.717, 1.165) is 24.3 Å². The molecule has 2 aliphatic heterocycles. The molecule has 6 heteroatoms. The van der Waals surface area contributed by atoms with Crippen molar-refractivity contribution in [2.45, 2.75) is 44.9 Å². The fourth-order valence-corrected chi connectivity index (χ4v) is 4.54. The van der Waals surface area contributed by atoms with E-state index in [1.807, 2.05) is 0 Å². The van der Waals surface area contributed by atoms with Gasteiger partial charge in [0.2, 0.25) is 0 Å². The lowest BCUT2D eigenvalue weighted by Gasteiger charge is -2.24. The number of nitrogens with one attached hydrogen (secondary N) is 1. The lowest BCUT2D eigenvalue weighted by atomic mass is 10.1. The van der Waals surface area contributed by atoms with Crippen LogP contribution in [0.2, 0.25) is 0 Å². The second kappa shape index (κ2) is 7.20. The van der Waals surface area contributed by atoms with Gasteiger partial charge in [-0.15, -0.1) is 0 Å². The summed E-state index contributed by atoms with van der Waals surface area (Å²) in [5.41, 5.74) is 2.29. The maximum atomic E-state index is 11.5. The summed E-state index contributed by atoms with van der Waals surface area (Å²) in [6.45, 7) is 4.18. The number of hydrogen-bond donors (Lipinski definition) is 1. The number of rotatable bonds is 5. The maximum absolute atomic E-state index is 11.5. The summed E-state index contributed by atoms with van der Waals surface area (Å²) < 4.78 is 34.5. The second-order valence-electron chi connectivity index (χ2n) is 6.52. The largest absolute Gasteiger partial charge is 0.488 e. The second-order valence-corrected chi connectivity index (χ2v) is 8.83. The van der Waals surface area contributed by atoms with Crippen LogP contribution in [-0.4, -0.2) is 45.3 Å². The molecular weight excluding hydrogens is 314 g/mol. The van der Waals surface area contributed by atoms with Gasteiger partial charge in [-0.1, -0.05) is 12.1 Å². The van der Waals surface area contributed by atoms with Crippen LogP contribution in [0.3, 0.4) is 0 Å². The molecule has 0 aliphatic carbocycles. The van der Waals surface area contributed by atoms with Crippen LogP contribution in [0.1, 0.15) is 30.4 Å². The van der Waals surface area contributed by atoms with Crippen molar-refractivity contribution < 1.29 is 17.9 Å². The molecule has 128 valence electrons. The summed E-state index contributed by atoms with van der Waals surface area (Å²) in [7, 11) is -2.81. The first-order chi connectivity index (χ1) is 11.0. The molecule has 1 atom stereocenters. The van der Waals surface area contributed by atoms with Gasteiger partial charge in [-0.05, 0) is 31.4 Å². The highest BCUT2D eigenvalue weighted by atomic mass is 32.2. The Morgan fingerprint density at radius 2 is 2.04 bits per heavy atom. The van der Waals surface area contributed by atoms with Crippen molar-refractivity contribution in [1.82, 2.24) is 5.32 Å². The first-order valence-electron chi connectivity index (χ1n) is 8.29. The smallest absolute Gasteiger partial charge is 0.150 e. The third-order valence-electron chi connectivity index (χ3n) is 4.54. The maximum Gasteiger partial charge on any atom is 0.150 e. The van der Waals surface area contributed by atoms with E-state index in [0.29, 0.717) is 37.5 Å². The van der Waals surface area contributed by atoms with Gasteiger partial charge in [0.1, 0.15) is 21.7 Å².